The van der Waals surface area contributed by atoms with Crippen molar-refractivity contribution in [1.82, 2.24) is 19.9 Å². The summed E-state index contributed by atoms with van der Waals surface area (Å²) in [6, 6.07) is 13.5. The number of hydrogen-bond acceptors (Lipinski definition) is 6. The standard InChI is InChI=1S/C23H21ClFN5O2S/c1-2-31-20-12-16(11-19(24)21(20)32-14-15-3-5-18(25)6-4-15)13-27-30-22(28-29-23(30)33)17-7-9-26-10-8-17/h3-12,27H,2,13-14H2,1H3,(H,29,33). The van der Waals surface area contributed by atoms with E-state index in [1.807, 2.05) is 25.1 Å². The van der Waals surface area contributed by atoms with Crippen molar-refractivity contribution in [2.45, 2.75) is 20.1 Å². The molecule has 170 valence electrons. The molecule has 4 aromatic rings. The lowest BCUT2D eigenvalue weighted by Gasteiger charge is -2.16. The Kier molecular flexibility index (Phi) is 7.21. The average molecular weight is 486 g/mol. The molecule has 10 heteroatoms. The minimum absolute atomic E-state index is 0.233. The molecule has 2 aromatic carbocycles. The van der Waals surface area contributed by atoms with Crippen molar-refractivity contribution < 1.29 is 13.9 Å². The van der Waals surface area contributed by atoms with Gasteiger partial charge in [0, 0.05) is 18.0 Å². The minimum Gasteiger partial charge on any atom is -0.490 e. The smallest absolute Gasteiger partial charge is 0.214 e. The van der Waals surface area contributed by atoms with Crippen LogP contribution in [-0.2, 0) is 13.2 Å². The highest BCUT2D eigenvalue weighted by molar-refractivity contribution is 7.71. The first-order chi connectivity index (χ1) is 16.0. The lowest BCUT2D eigenvalue weighted by molar-refractivity contribution is 0.269. The fraction of sp³-hybridized carbons (Fsp3) is 0.174. The predicted molar refractivity (Wildman–Crippen MR) is 127 cm³/mol. The molecule has 0 saturated carbocycles. The van der Waals surface area contributed by atoms with Crippen molar-refractivity contribution in [3.05, 3.63) is 87.7 Å². The summed E-state index contributed by atoms with van der Waals surface area (Å²) in [5.41, 5.74) is 5.81. The molecule has 0 bridgehead atoms. The first-order valence-electron chi connectivity index (χ1n) is 10.2. The van der Waals surface area contributed by atoms with Crippen LogP contribution in [0.1, 0.15) is 18.1 Å². The maximum absolute atomic E-state index is 13.1. The number of nitrogens with one attached hydrogen (secondary N) is 2. The lowest BCUT2D eigenvalue weighted by Crippen LogP contribution is -2.16. The molecule has 0 radical (unpaired) electrons. The largest absolute Gasteiger partial charge is 0.490 e. The van der Waals surface area contributed by atoms with Gasteiger partial charge in [-0.1, -0.05) is 23.7 Å². The number of benzene rings is 2. The number of ether oxygens (including phenoxy) is 2. The maximum atomic E-state index is 13.1. The van der Waals surface area contributed by atoms with Crippen molar-refractivity contribution in [1.29, 1.82) is 0 Å². The van der Waals surface area contributed by atoms with E-state index in [1.54, 1.807) is 35.3 Å². The van der Waals surface area contributed by atoms with Crippen LogP contribution in [0.4, 0.5) is 4.39 Å². The van der Waals surface area contributed by atoms with Crippen molar-refractivity contribution in [3.63, 3.8) is 0 Å². The average Bonchev–Trinajstić information content (AvgIpc) is 3.19. The van der Waals surface area contributed by atoms with Gasteiger partial charge in [-0.15, -0.1) is 0 Å². The van der Waals surface area contributed by atoms with Gasteiger partial charge in [0.05, 0.1) is 18.2 Å². The van der Waals surface area contributed by atoms with Crippen LogP contribution in [0.2, 0.25) is 5.02 Å². The van der Waals surface area contributed by atoms with Gasteiger partial charge in [-0.05, 0) is 66.7 Å². The third-order valence-electron chi connectivity index (χ3n) is 4.72. The second-order valence-corrected chi connectivity index (χ2v) is 7.81. The molecule has 4 rings (SSSR count). The van der Waals surface area contributed by atoms with Crippen LogP contribution in [0.5, 0.6) is 11.5 Å². The van der Waals surface area contributed by atoms with E-state index in [4.69, 9.17) is 33.3 Å². The molecular weight excluding hydrogens is 465 g/mol. The summed E-state index contributed by atoms with van der Waals surface area (Å²) >= 11 is 11.9. The summed E-state index contributed by atoms with van der Waals surface area (Å²) in [7, 11) is 0. The fourth-order valence-corrected chi connectivity index (χ4v) is 3.66. The molecule has 0 fully saturated rings. The van der Waals surface area contributed by atoms with E-state index in [-0.39, 0.29) is 12.4 Å². The zero-order chi connectivity index (χ0) is 23.2. The van der Waals surface area contributed by atoms with Crippen LogP contribution in [0.3, 0.4) is 0 Å². The first-order valence-corrected chi connectivity index (χ1v) is 11.0. The topological polar surface area (TPSA) is 77.0 Å². The van der Waals surface area contributed by atoms with E-state index in [2.05, 4.69) is 20.6 Å². The van der Waals surface area contributed by atoms with Crippen molar-refractivity contribution >= 4 is 23.8 Å². The fourth-order valence-electron chi connectivity index (χ4n) is 3.17. The minimum atomic E-state index is -0.298. The number of halogens is 2. The molecule has 2 N–H and O–H groups in total. The van der Waals surface area contributed by atoms with Gasteiger partial charge in [0.15, 0.2) is 17.3 Å². The van der Waals surface area contributed by atoms with Gasteiger partial charge in [0.2, 0.25) is 4.77 Å². The first kappa shape index (κ1) is 22.8. The number of hydrogen-bond donors (Lipinski definition) is 2. The van der Waals surface area contributed by atoms with Gasteiger partial charge in [0.25, 0.3) is 0 Å². The summed E-state index contributed by atoms with van der Waals surface area (Å²) in [6.07, 6.45) is 3.38. The Morgan fingerprint density at radius 3 is 2.58 bits per heavy atom. The summed E-state index contributed by atoms with van der Waals surface area (Å²) in [5, 5.41) is 7.50. The van der Waals surface area contributed by atoms with Gasteiger partial charge in [0.1, 0.15) is 12.4 Å². The van der Waals surface area contributed by atoms with E-state index < -0.39 is 0 Å². The van der Waals surface area contributed by atoms with E-state index in [1.165, 1.54) is 12.1 Å². The molecule has 0 spiro atoms. The number of rotatable bonds is 9. The maximum Gasteiger partial charge on any atom is 0.214 e. The molecule has 2 heterocycles. The molecule has 0 aliphatic heterocycles. The molecule has 0 aliphatic carbocycles. The highest BCUT2D eigenvalue weighted by Gasteiger charge is 2.14. The molecule has 33 heavy (non-hydrogen) atoms. The summed E-state index contributed by atoms with van der Waals surface area (Å²) in [6.45, 7) is 2.97. The van der Waals surface area contributed by atoms with Crippen LogP contribution in [0, 0.1) is 10.6 Å². The van der Waals surface area contributed by atoms with Crippen molar-refractivity contribution in [2.75, 3.05) is 12.0 Å². The molecule has 0 atom stereocenters. The highest BCUT2D eigenvalue weighted by atomic mass is 35.5. The normalized spacial score (nSPS) is 10.8. The van der Waals surface area contributed by atoms with Gasteiger partial charge >= 0.3 is 0 Å². The van der Waals surface area contributed by atoms with E-state index in [0.717, 1.165) is 16.7 Å². The Hall–Kier alpha value is -3.43. The summed E-state index contributed by atoms with van der Waals surface area (Å²) in [4.78, 5) is 4.03. The highest BCUT2D eigenvalue weighted by Crippen LogP contribution is 2.37. The number of pyridine rings is 1. The summed E-state index contributed by atoms with van der Waals surface area (Å²) < 4.78 is 26.9. The van der Waals surface area contributed by atoms with Crippen molar-refractivity contribution in [2.24, 2.45) is 0 Å². The zero-order valence-corrected chi connectivity index (χ0v) is 19.3. The second-order valence-electron chi connectivity index (χ2n) is 7.01. The Bertz CT molecular complexity index is 1280. The Morgan fingerprint density at radius 2 is 1.85 bits per heavy atom. The number of nitrogens with zero attached hydrogens (tertiary/aromatic N) is 3. The lowest BCUT2D eigenvalue weighted by atomic mass is 10.2. The van der Waals surface area contributed by atoms with Crippen LogP contribution in [-0.4, -0.2) is 26.5 Å². The van der Waals surface area contributed by atoms with Gasteiger partial charge in [-0.2, -0.15) is 5.10 Å². The monoisotopic (exact) mass is 485 g/mol. The third kappa shape index (κ3) is 5.50. The predicted octanol–water partition coefficient (Wildman–Crippen LogP) is 5.52. The SMILES string of the molecule is CCOc1cc(CNn2c(-c3ccncc3)n[nH]c2=S)cc(Cl)c1OCc1ccc(F)cc1. The molecular formula is C23H21ClFN5O2S. The quantitative estimate of drug-likeness (QED) is 0.304. The molecule has 0 aliphatic rings. The summed E-state index contributed by atoms with van der Waals surface area (Å²) in [5.74, 6) is 1.30. The van der Waals surface area contributed by atoms with E-state index in [0.29, 0.717) is 40.3 Å². The van der Waals surface area contributed by atoms with Crippen LogP contribution >= 0.6 is 23.8 Å². The molecule has 0 unspecified atom stereocenters. The Labute approximate surface area is 200 Å². The number of H-pyrrole nitrogens is 1. The van der Waals surface area contributed by atoms with Crippen molar-refractivity contribution in [3.8, 4) is 22.9 Å². The van der Waals surface area contributed by atoms with E-state index in [9.17, 15) is 4.39 Å². The van der Waals surface area contributed by atoms with Gasteiger partial charge in [-0.25, -0.2) is 14.2 Å². The molecule has 2 aromatic heterocycles. The Balaban J connectivity index is 1.53. The van der Waals surface area contributed by atoms with Crippen LogP contribution in [0.25, 0.3) is 11.4 Å². The third-order valence-corrected chi connectivity index (χ3v) is 5.27. The van der Waals surface area contributed by atoms with Gasteiger partial charge in [-0.3, -0.25) is 4.98 Å². The van der Waals surface area contributed by atoms with E-state index >= 15 is 0 Å². The number of aromatic amines is 1. The van der Waals surface area contributed by atoms with Crippen LogP contribution in [0.15, 0.2) is 60.9 Å². The molecule has 0 amide bonds. The molecule has 0 saturated heterocycles. The second kappa shape index (κ2) is 10.5. The zero-order valence-electron chi connectivity index (χ0n) is 17.7. The number of aromatic nitrogens is 4. The Morgan fingerprint density at radius 1 is 1.09 bits per heavy atom. The van der Waals surface area contributed by atoms with Gasteiger partial charge < -0.3 is 14.9 Å². The van der Waals surface area contributed by atoms with Crippen LogP contribution < -0.4 is 14.9 Å². The molecule has 7 nitrogen and oxygen atoms in total.